The van der Waals surface area contributed by atoms with E-state index in [-0.39, 0.29) is 0 Å². The van der Waals surface area contributed by atoms with Crippen molar-refractivity contribution < 1.29 is 14.2 Å². The van der Waals surface area contributed by atoms with Crippen molar-refractivity contribution in [3.8, 4) is 17.2 Å². The fourth-order valence-corrected chi connectivity index (χ4v) is 3.68. The maximum atomic E-state index is 5.45. The third kappa shape index (κ3) is 3.73. The van der Waals surface area contributed by atoms with Crippen LogP contribution < -0.4 is 19.5 Å². The van der Waals surface area contributed by atoms with Gasteiger partial charge in [-0.05, 0) is 30.4 Å². The molecule has 1 aliphatic rings. The Bertz CT molecular complexity index is 408. The Morgan fingerprint density at radius 3 is 2.35 bits per heavy atom. The first-order valence-electron chi connectivity index (χ1n) is 6.85. The van der Waals surface area contributed by atoms with Crippen molar-refractivity contribution in [2.45, 2.75) is 13.0 Å². The number of nitrogens with one attached hydrogen (secondary N) is 1. The molecular formula is C15H23NO3S. The van der Waals surface area contributed by atoms with Crippen molar-refractivity contribution >= 4 is 11.8 Å². The minimum atomic E-state index is 0.745. The zero-order valence-electron chi connectivity index (χ0n) is 12.4. The van der Waals surface area contributed by atoms with E-state index in [0.29, 0.717) is 0 Å². The van der Waals surface area contributed by atoms with Gasteiger partial charge in [0.2, 0.25) is 0 Å². The van der Waals surface area contributed by atoms with Crippen LogP contribution in [-0.2, 0) is 6.54 Å². The average Bonchev–Trinajstić information content (AvgIpc) is 3.00. The second kappa shape index (κ2) is 7.64. The topological polar surface area (TPSA) is 39.7 Å². The van der Waals surface area contributed by atoms with Crippen molar-refractivity contribution in [3.05, 3.63) is 17.7 Å². The fourth-order valence-electron chi connectivity index (χ4n) is 2.40. The van der Waals surface area contributed by atoms with Crippen LogP contribution in [0.15, 0.2) is 12.1 Å². The Morgan fingerprint density at radius 1 is 1.15 bits per heavy atom. The van der Waals surface area contributed by atoms with Crippen LogP contribution in [0.4, 0.5) is 0 Å². The van der Waals surface area contributed by atoms with E-state index in [1.165, 1.54) is 17.9 Å². The predicted molar refractivity (Wildman–Crippen MR) is 83.2 cm³/mol. The average molecular weight is 297 g/mol. The second-order valence-electron chi connectivity index (χ2n) is 4.87. The Labute approximate surface area is 125 Å². The summed E-state index contributed by atoms with van der Waals surface area (Å²) in [6.45, 7) is 1.79. The number of hydrogen-bond acceptors (Lipinski definition) is 5. The predicted octanol–water partition coefficient (Wildman–Crippen LogP) is 2.56. The molecule has 4 nitrogen and oxygen atoms in total. The summed E-state index contributed by atoms with van der Waals surface area (Å²) >= 11 is 2.04. The van der Waals surface area contributed by atoms with Crippen LogP contribution >= 0.6 is 11.8 Å². The fraction of sp³-hybridized carbons (Fsp3) is 0.600. The van der Waals surface area contributed by atoms with Gasteiger partial charge in [0.15, 0.2) is 0 Å². The molecule has 0 amide bonds. The van der Waals surface area contributed by atoms with Gasteiger partial charge in [-0.2, -0.15) is 11.8 Å². The highest BCUT2D eigenvalue weighted by molar-refractivity contribution is 7.99. The number of benzene rings is 1. The molecule has 0 radical (unpaired) electrons. The summed E-state index contributed by atoms with van der Waals surface area (Å²) in [5, 5.41) is 3.52. The van der Waals surface area contributed by atoms with Crippen LogP contribution in [0.2, 0.25) is 0 Å². The Kier molecular flexibility index (Phi) is 5.86. The summed E-state index contributed by atoms with van der Waals surface area (Å²) in [6, 6.07) is 3.79. The van der Waals surface area contributed by atoms with Gasteiger partial charge in [0.25, 0.3) is 0 Å². The van der Waals surface area contributed by atoms with Crippen molar-refractivity contribution in [3.63, 3.8) is 0 Å². The van der Waals surface area contributed by atoms with Gasteiger partial charge in [-0.15, -0.1) is 0 Å². The molecule has 1 N–H and O–H groups in total. The molecule has 1 aromatic carbocycles. The molecule has 20 heavy (non-hydrogen) atoms. The zero-order chi connectivity index (χ0) is 14.4. The zero-order valence-corrected chi connectivity index (χ0v) is 13.2. The van der Waals surface area contributed by atoms with Gasteiger partial charge in [-0.1, -0.05) is 0 Å². The second-order valence-corrected chi connectivity index (χ2v) is 6.02. The summed E-state index contributed by atoms with van der Waals surface area (Å²) in [7, 11) is 4.99. The first-order chi connectivity index (χ1) is 9.78. The summed E-state index contributed by atoms with van der Waals surface area (Å²) < 4.78 is 16.2. The summed E-state index contributed by atoms with van der Waals surface area (Å²) in [5.41, 5.74) is 1.04. The van der Waals surface area contributed by atoms with Crippen LogP contribution in [0.25, 0.3) is 0 Å². The molecule has 2 rings (SSSR count). The third-order valence-electron chi connectivity index (χ3n) is 3.58. The van der Waals surface area contributed by atoms with Gasteiger partial charge < -0.3 is 19.5 Å². The normalized spacial score (nSPS) is 18.1. The number of methoxy groups -OCH3 is 3. The lowest BCUT2D eigenvalue weighted by molar-refractivity contribution is 0.365. The van der Waals surface area contributed by atoms with Gasteiger partial charge in [0.1, 0.15) is 17.2 Å². The van der Waals surface area contributed by atoms with Crippen molar-refractivity contribution in [1.29, 1.82) is 0 Å². The van der Waals surface area contributed by atoms with E-state index >= 15 is 0 Å². The molecule has 1 atom stereocenters. The SMILES string of the molecule is COc1cc(OC)c(CNCC2CCSC2)c(OC)c1. The number of ether oxygens (including phenoxy) is 3. The van der Waals surface area contributed by atoms with Gasteiger partial charge in [-0.3, -0.25) is 0 Å². The smallest absolute Gasteiger partial charge is 0.130 e. The monoisotopic (exact) mass is 297 g/mol. The van der Waals surface area contributed by atoms with Crippen LogP contribution in [0.1, 0.15) is 12.0 Å². The van der Waals surface area contributed by atoms with E-state index < -0.39 is 0 Å². The van der Waals surface area contributed by atoms with E-state index in [0.717, 1.165) is 41.8 Å². The lowest BCUT2D eigenvalue weighted by atomic mass is 10.1. The van der Waals surface area contributed by atoms with Gasteiger partial charge in [-0.25, -0.2) is 0 Å². The molecule has 1 fully saturated rings. The number of hydrogen-bond donors (Lipinski definition) is 1. The Morgan fingerprint density at radius 2 is 1.85 bits per heavy atom. The molecule has 5 heteroatoms. The lowest BCUT2D eigenvalue weighted by Crippen LogP contribution is -2.22. The molecule has 112 valence electrons. The quantitative estimate of drug-likeness (QED) is 0.837. The van der Waals surface area contributed by atoms with Gasteiger partial charge in [0, 0.05) is 18.7 Å². The van der Waals surface area contributed by atoms with Crippen LogP contribution in [0, 0.1) is 5.92 Å². The van der Waals surface area contributed by atoms with Crippen molar-refractivity contribution in [2.24, 2.45) is 5.92 Å². The lowest BCUT2D eigenvalue weighted by Gasteiger charge is -2.16. The molecule has 1 heterocycles. The summed E-state index contributed by atoms with van der Waals surface area (Å²) in [5.74, 6) is 5.69. The van der Waals surface area contributed by atoms with E-state index in [9.17, 15) is 0 Å². The van der Waals surface area contributed by atoms with Crippen molar-refractivity contribution in [2.75, 3.05) is 39.4 Å². The first-order valence-corrected chi connectivity index (χ1v) is 8.01. The Hall–Kier alpha value is -1.07. The van der Waals surface area contributed by atoms with Crippen LogP contribution in [-0.4, -0.2) is 39.4 Å². The molecular weight excluding hydrogens is 274 g/mol. The molecule has 0 spiro atoms. The standard InChI is InChI=1S/C15H23NO3S/c1-17-12-6-14(18-2)13(15(7-12)19-3)9-16-8-11-4-5-20-10-11/h6-7,11,16H,4-5,8-10H2,1-3H3. The van der Waals surface area contributed by atoms with Crippen LogP contribution in [0.5, 0.6) is 17.2 Å². The maximum absolute atomic E-state index is 5.45. The highest BCUT2D eigenvalue weighted by Crippen LogP contribution is 2.34. The van der Waals surface area contributed by atoms with Gasteiger partial charge in [0.05, 0.1) is 26.9 Å². The van der Waals surface area contributed by atoms with Crippen molar-refractivity contribution in [1.82, 2.24) is 5.32 Å². The van der Waals surface area contributed by atoms with Gasteiger partial charge >= 0.3 is 0 Å². The minimum absolute atomic E-state index is 0.745. The number of rotatable bonds is 7. The molecule has 0 bridgehead atoms. The molecule has 0 saturated carbocycles. The molecule has 1 aromatic rings. The van der Waals surface area contributed by atoms with E-state index in [1.807, 2.05) is 23.9 Å². The molecule has 1 aliphatic heterocycles. The molecule has 0 aromatic heterocycles. The highest BCUT2D eigenvalue weighted by Gasteiger charge is 2.17. The van der Waals surface area contributed by atoms with E-state index in [4.69, 9.17) is 14.2 Å². The maximum Gasteiger partial charge on any atom is 0.130 e. The minimum Gasteiger partial charge on any atom is -0.496 e. The number of thioether (sulfide) groups is 1. The molecule has 1 saturated heterocycles. The Balaban J connectivity index is 2.04. The van der Waals surface area contributed by atoms with Crippen LogP contribution in [0.3, 0.4) is 0 Å². The summed E-state index contributed by atoms with van der Waals surface area (Å²) in [6.07, 6.45) is 1.31. The molecule has 0 aliphatic carbocycles. The van der Waals surface area contributed by atoms with E-state index in [2.05, 4.69) is 5.32 Å². The highest BCUT2D eigenvalue weighted by atomic mass is 32.2. The largest absolute Gasteiger partial charge is 0.496 e. The summed E-state index contributed by atoms with van der Waals surface area (Å²) in [4.78, 5) is 0. The third-order valence-corrected chi connectivity index (χ3v) is 4.81. The first kappa shape index (κ1) is 15.3. The molecule has 1 unspecified atom stereocenters. The van der Waals surface area contributed by atoms with E-state index in [1.54, 1.807) is 21.3 Å².